The van der Waals surface area contributed by atoms with Gasteiger partial charge in [-0.25, -0.2) is 0 Å². The largest absolute Gasteiger partial charge is 0.334 e. The third kappa shape index (κ3) is 1.86. The van der Waals surface area contributed by atoms with Crippen molar-refractivity contribution in [2.75, 3.05) is 6.54 Å². The minimum Gasteiger partial charge on any atom is -0.334 e. The first-order valence-corrected chi connectivity index (χ1v) is 6.45. The summed E-state index contributed by atoms with van der Waals surface area (Å²) in [4.78, 5) is 15.2. The molecule has 0 aromatic carbocycles. The van der Waals surface area contributed by atoms with Crippen molar-refractivity contribution in [3.8, 4) is 0 Å². The van der Waals surface area contributed by atoms with Gasteiger partial charge in [0, 0.05) is 22.7 Å². The van der Waals surface area contributed by atoms with Gasteiger partial charge in [-0.3, -0.25) is 4.79 Å². The average molecular weight is 274 g/mol. The molecule has 2 atom stereocenters. The highest BCUT2D eigenvalue weighted by atomic mass is 79.9. The van der Waals surface area contributed by atoms with Gasteiger partial charge in [0.25, 0.3) is 0 Å². The summed E-state index contributed by atoms with van der Waals surface area (Å²) in [7, 11) is 0. The number of hydrogen-bond donors (Lipinski definition) is 0. The Morgan fingerprint density at radius 2 is 2.50 bits per heavy atom. The first-order valence-electron chi connectivity index (χ1n) is 4.65. The lowest BCUT2D eigenvalue weighted by Gasteiger charge is -2.23. The number of hydrogen-bond acceptors (Lipinski definition) is 2. The Bertz CT molecular complexity index is 325. The van der Waals surface area contributed by atoms with Crippen LogP contribution in [0.25, 0.3) is 0 Å². The van der Waals surface area contributed by atoms with Gasteiger partial charge in [-0.1, -0.05) is 22.0 Å². The van der Waals surface area contributed by atoms with Crippen LogP contribution in [0.5, 0.6) is 0 Å². The highest BCUT2D eigenvalue weighted by Crippen LogP contribution is 2.30. The van der Waals surface area contributed by atoms with Crippen molar-refractivity contribution in [2.45, 2.75) is 24.2 Å². The Kier molecular flexibility index (Phi) is 2.93. The molecule has 2 nitrogen and oxygen atoms in total. The normalized spacial score (nSPS) is 24.3. The van der Waals surface area contributed by atoms with Crippen molar-refractivity contribution >= 4 is 33.2 Å². The maximum Gasteiger partial charge on any atom is 0.224 e. The zero-order valence-corrected chi connectivity index (χ0v) is 10.3. The molecule has 14 heavy (non-hydrogen) atoms. The second-order valence-corrected chi connectivity index (χ2v) is 5.81. The number of carbonyl (C=O) groups is 1. The Balaban J connectivity index is 2.12. The van der Waals surface area contributed by atoms with Crippen LogP contribution in [-0.2, 0) is 4.79 Å². The molecular weight excluding hydrogens is 262 g/mol. The molecule has 4 heteroatoms. The monoisotopic (exact) mass is 273 g/mol. The highest BCUT2D eigenvalue weighted by molar-refractivity contribution is 9.09. The second-order valence-electron chi connectivity index (χ2n) is 3.54. The van der Waals surface area contributed by atoms with Crippen molar-refractivity contribution in [2.24, 2.45) is 0 Å². The van der Waals surface area contributed by atoms with Crippen LogP contribution in [0.15, 0.2) is 17.5 Å². The standard InChI is InChI=1S/C10H12BrNOS/c1-7(9-3-2-4-14-9)12-6-8(11)5-10(12)13/h2-4,7-8H,5-6H2,1H3. The topological polar surface area (TPSA) is 20.3 Å². The van der Waals surface area contributed by atoms with E-state index in [2.05, 4.69) is 34.3 Å². The summed E-state index contributed by atoms with van der Waals surface area (Å²) < 4.78 is 0. The molecule has 1 aliphatic heterocycles. The molecular formula is C10H12BrNOS. The fourth-order valence-electron chi connectivity index (χ4n) is 1.74. The molecule has 2 unspecified atom stereocenters. The van der Waals surface area contributed by atoms with Crippen molar-refractivity contribution < 1.29 is 4.79 Å². The van der Waals surface area contributed by atoms with E-state index < -0.39 is 0 Å². The quantitative estimate of drug-likeness (QED) is 0.759. The number of amides is 1. The van der Waals surface area contributed by atoms with E-state index in [1.807, 2.05) is 11.0 Å². The Morgan fingerprint density at radius 3 is 3.00 bits per heavy atom. The first-order chi connectivity index (χ1) is 6.68. The summed E-state index contributed by atoms with van der Waals surface area (Å²) in [6.07, 6.45) is 0.635. The van der Waals surface area contributed by atoms with Crippen LogP contribution in [0.3, 0.4) is 0 Å². The maximum absolute atomic E-state index is 11.6. The molecule has 0 N–H and O–H groups in total. The van der Waals surface area contributed by atoms with E-state index in [9.17, 15) is 4.79 Å². The van der Waals surface area contributed by atoms with Gasteiger partial charge < -0.3 is 4.90 Å². The molecule has 1 fully saturated rings. The van der Waals surface area contributed by atoms with Crippen LogP contribution in [0.4, 0.5) is 0 Å². The molecule has 2 rings (SSSR count). The summed E-state index contributed by atoms with van der Waals surface area (Å²) in [5, 5.41) is 2.05. The number of rotatable bonds is 2. The van der Waals surface area contributed by atoms with Crippen molar-refractivity contribution in [1.82, 2.24) is 4.90 Å². The highest BCUT2D eigenvalue weighted by Gasteiger charge is 2.31. The summed E-state index contributed by atoms with van der Waals surface area (Å²) in [6, 6.07) is 4.34. The molecule has 1 amide bonds. The third-order valence-corrected chi connectivity index (χ3v) is 4.19. The fraction of sp³-hybridized carbons (Fsp3) is 0.500. The summed E-state index contributed by atoms with van der Waals surface area (Å²) >= 11 is 5.20. The molecule has 0 bridgehead atoms. The zero-order valence-electron chi connectivity index (χ0n) is 7.94. The van der Waals surface area contributed by atoms with E-state index in [1.54, 1.807) is 11.3 Å². The lowest BCUT2D eigenvalue weighted by Crippen LogP contribution is -2.28. The Hall–Kier alpha value is -0.350. The molecule has 0 aliphatic carbocycles. The molecule has 76 valence electrons. The van der Waals surface area contributed by atoms with Crippen molar-refractivity contribution in [3.63, 3.8) is 0 Å². The molecule has 2 heterocycles. The maximum atomic E-state index is 11.6. The lowest BCUT2D eigenvalue weighted by molar-refractivity contribution is -0.129. The predicted octanol–water partition coefficient (Wildman–Crippen LogP) is 2.80. The number of nitrogens with zero attached hydrogens (tertiary/aromatic N) is 1. The van der Waals surface area contributed by atoms with Gasteiger partial charge in [0.2, 0.25) is 5.91 Å². The van der Waals surface area contributed by atoms with Gasteiger partial charge in [0.15, 0.2) is 0 Å². The van der Waals surface area contributed by atoms with Crippen molar-refractivity contribution in [1.29, 1.82) is 0 Å². The van der Waals surface area contributed by atoms with Crippen LogP contribution >= 0.6 is 27.3 Å². The third-order valence-electron chi connectivity index (χ3n) is 2.53. The molecule has 1 aromatic heterocycles. The number of likely N-dealkylation sites (tertiary alicyclic amines) is 1. The minimum atomic E-state index is 0.227. The SMILES string of the molecule is CC(c1cccs1)N1CC(Br)CC1=O. The van der Waals surface area contributed by atoms with E-state index in [1.165, 1.54) is 4.88 Å². The Morgan fingerprint density at radius 1 is 1.71 bits per heavy atom. The van der Waals surface area contributed by atoms with Gasteiger partial charge in [-0.2, -0.15) is 0 Å². The van der Waals surface area contributed by atoms with Gasteiger partial charge in [-0.05, 0) is 18.4 Å². The predicted molar refractivity (Wildman–Crippen MR) is 61.8 cm³/mol. The van der Waals surface area contributed by atoms with Crippen LogP contribution in [0, 0.1) is 0 Å². The summed E-state index contributed by atoms with van der Waals surface area (Å²) in [5.74, 6) is 0.257. The second kappa shape index (κ2) is 4.03. The van der Waals surface area contributed by atoms with Gasteiger partial charge >= 0.3 is 0 Å². The van der Waals surface area contributed by atoms with E-state index in [4.69, 9.17) is 0 Å². The molecule has 0 radical (unpaired) electrons. The van der Waals surface area contributed by atoms with E-state index in [0.29, 0.717) is 11.2 Å². The van der Waals surface area contributed by atoms with Gasteiger partial charge in [0.05, 0.1) is 6.04 Å². The average Bonchev–Trinajstić information content (AvgIpc) is 2.73. The smallest absolute Gasteiger partial charge is 0.224 e. The van der Waals surface area contributed by atoms with E-state index >= 15 is 0 Å². The number of thiophene rings is 1. The minimum absolute atomic E-state index is 0.227. The van der Waals surface area contributed by atoms with Crippen LogP contribution < -0.4 is 0 Å². The van der Waals surface area contributed by atoms with Crippen LogP contribution in [0.2, 0.25) is 0 Å². The first kappa shape index (κ1) is 10.2. The molecule has 1 aliphatic rings. The van der Waals surface area contributed by atoms with E-state index in [-0.39, 0.29) is 11.9 Å². The molecule has 1 aromatic rings. The van der Waals surface area contributed by atoms with Gasteiger partial charge in [0.1, 0.15) is 0 Å². The van der Waals surface area contributed by atoms with E-state index in [0.717, 1.165) is 6.54 Å². The summed E-state index contributed by atoms with van der Waals surface area (Å²) in [6.45, 7) is 2.92. The lowest BCUT2D eigenvalue weighted by atomic mass is 10.2. The van der Waals surface area contributed by atoms with Crippen molar-refractivity contribution in [3.05, 3.63) is 22.4 Å². The van der Waals surface area contributed by atoms with Crippen LogP contribution in [0.1, 0.15) is 24.3 Å². The molecule has 0 spiro atoms. The van der Waals surface area contributed by atoms with Gasteiger partial charge in [-0.15, -0.1) is 11.3 Å². The van der Waals surface area contributed by atoms with Crippen LogP contribution in [-0.4, -0.2) is 22.2 Å². The number of halogens is 1. The fourth-order valence-corrected chi connectivity index (χ4v) is 3.13. The Labute approximate surface area is 96.0 Å². The number of alkyl halides is 1. The zero-order chi connectivity index (χ0) is 10.1. The summed E-state index contributed by atoms with van der Waals surface area (Å²) in [5.41, 5.74) is 0. The number of carbonyl (C=O) groups excluding carboxylic acids is 1. The molecule has 0 saturated carbocycles. The molecule has 1 saturated heterocycles.